The van der Waals surface area contributed by atoms with E-state index in [2.05, 4.69) is 26.2 Å². The number of hydrogen-bond donors (Lipinski definition) is 2. The molecule has 0 radical (unpaired) electrons. The second kappa shape index (κ2) is 5.62. The van der Waals surface area contributed by atoms with Gasteiger partial charge in [0.15, 0.2) is 0 Å². The average molecular weight is 170 g/mol. The van der Waals surface area contributed by atoms with Gasteiger partial charge in [-0.2, -0.15) is 0 Å². The van der Waals surface area contributed by atoms with Crippen LogP contribution in [0.3, 0.4) is 0 Å². The number of aromatic nitrogens is 4. The van der Waals surface area contributed by atoms with Gasteiger partial charge in [-0.25, -0.2) is 4.68 Å². The Morgan fingerprint density at radius 1 is 1.17 bits per heavy atom. The van der Waals surface area contributed by atoms with E-state index < -0.39 is 0 Å². The molecule has 12 heavy (non-hydrogen) atoms. The zero-order valence-electron chi connectivity index (χ0n) is 7.19. The van der Waals surface area contributed by atoms with E-state index in [-0.39, 0.29) is 0 Å². The van der Waals surface area contributed by atoms with Crippen molar-refractivity contribution in [2.75, 3.05) is 26.2 Å². The second-order valence-electron chi connectivity index (χ2n) is 2.48. The summed E-state index contributed by atoms with van der Waals surface area (Å²) in [6.07, 6.45) is 1.53. The Morgan fingerprint density at radius 3 is 1.92 bits per heavy atom. The molecule has 0 bridgehead atoms. The van der Waals surface area contributed by atoms with Crippen molar-refractivity contribution in [2.24, 2.45) is 7.05 Å². The van der Waals surface area contributed by atoms with Crippen LogP contribution in [0.1, 0.15) is 0 Å². The Labute approximate surface area is 71.3 Å². The summed E-state index contributed by atoms with van der Waals surface area (Å²) < 4.78 is 1.53. The lowest BCUT2D eigenvalue weighted by Gasteiger charge is -2.11. The molecule has 0 aromatic carbocycles. The van der Waals surface area contributed by atoms with Crippen molar-refractivity contribution in [3.8, 4) is 0 Å². The summed E-state index contributed by atoms with van der Waals surface area (Å²) in [5.74, 6) is 0. The summed E-state index contributed by atoms with van der Waals surface area (Å²) in [6, 6.07) is 0. The molecular formula is C6H14N6. The van der Waals surface area contributed by atoms with Crippen molar-refractivity contribution < 1.29 is 0 Å². The van der Waals surface area contributed by atoms with Crippen LogP contribution in [0.4, 0.5) is 0 Å². The Kier molecular flexibility index (Phi) is 4.25. The topological polar surface area (TPSA) is 67.7 Å². The van der Waals surface area contributed by atoms with E-state index in [9.17, 15) is 0 Å². The number of nitrogens with one attached hydrogen (secondary N) is 2. The SMILES string of the molecule is C1CNCCN1.Cn1cnnn1. The molecule has 2 rings (SSSR count). The van der Waals surface area contributed by atoms with Gasteiger partial charge in [-0.05, 0) is 10.4 Å². The van der Waals surface area contributed by atoms with E-state index >= 15 is 0 Å². The summed E-state index contributed by atoms with van der Waals surface area (Å²) >= 11 is 0. The molecule has 0 unspecified atom stereocenters. The fourth-order valence-corrected chi connectivity index (χ4v) is 0.811. The lowest BCUT2D eigenvalue weighted by Crippen LogP contribution is -2.39. The fourth-order valence-electron chi connectivity index (χ4n) is 0.811. The number of tetrazole rings is 1. The van der Waals surface area contributed by atoms with Gasteiger partial charge in [0.2, 0.25) is 0 Å². The second-order valence-corrected chi connectivity index (χ2v) is 2.48. The first-order chi connectivity index (χ1) is 5.89. The Hall–Kier alpha value is -1.01. The minimum atomic E-state index is 1.14. The third-order valence-corrected chi connectivity index (χ3v) is 1.41. The van der Waals surface area contributed by atoms with Gasteiger partial charge in [0.1, 0.15) is 6.33 Å². The van der Waals surface area contributed by atoms with Crippen molar-refractivity contribution in [1.82, 2.24) is 30.8 Å². The first kappa shape index (κ1) is 9.08. The van der Waals surface area contributed by atoms with Crippen LogP contribution in [0.15, 0.2) is 6.33 Å². The van der Waals surface area contributed by atoms with Crippen molar-refractivity contribution in [3.63, 3.8) is 0 Å². The van der Waals surface area contributed by atoms with Gasteiger partial charge in [0.25, 0.3) is 0 Å². The largest absolute Gasteiger partial charge is 0.314 e. The molecule has 6 nitrogen and oxygen atoms in total. The maximum Gasteiger partial charge on any atom is 0.137 e. The highest BCUT2D eigenvalue weighted by molar-refractivity contribution is 4.59. The molecule has 0 aliphatic carbocycles. The molecule has 1 aromatic rings. The van der Waals surface area contributed by atoms with Gasteiger partial charge in [-0.3, -0.25) is 0 Å². The molecule has 1 aliphatic heterocycles. The normalized spacial score (nSPS) is 16.4. The molecule has 0 amide bonds. The zero-order chi connectivity index (χ0) is 8.65. The first-order valence-corrected chi connectivity index (χ1v) is 3.98. The average Bonchev–Trinajstić information content (AvgIpc) is 2.60. The van der Waals surface area contributed by atoms with Crippen LogP contribution >= 0.6 is 0 Å². The van der Waals surface area contributed by atoms with E-state index in [1.165, 1.54) is 11.0 Å². The molecular weight excluding hydrogens is 156 g/mol. The quantitative estimate of drug-likeness (QED) is 0.490. The van der Waals surface area contributed by atoms with Gasteiger partial charge in [0, 0.05) is 33.2 Å². The lowest BCUT2D eigenvalue weighted by molar-refractivity contribution is 0.534. The zero-order valence-corrected chi connectivity index (χ0v) is 7.19. The molecule has 1 saturated heterocycles. The Balaban J connectivity index is 0.000000120. The Bertz CT molecular complexity index is 168. The number of nitrogens with zero attached hydrogens (tertiary/aromatic N) is 4. The summed E-state index contributed by atoms with van der Waals surface area (Å²) in [5, 5.41) is 16.6. The lowest BCUT2D eigenvalue weighted by atomic mass is 10.4. The van der Waals surface area contributed by atoms with Gasteiger partial charge < -0.3 is 10.6 Å². The maximum atomic E-state index is 3.47. The van der Waals surface area contributed by atoms with Crippen LogP contribution in [0.25, 0.3) is 0 Å². The van der Waals surface area contributed by atoms with E-state index in [0.717, 1.165) is 26.2 Å². The highest BCUT2D eigenvalue weighted by Gasteiger charge is 1.91. The predicted molar refractivity (Wildman–Crippen MR) is 44.5 cm³/mol. The van der Waals surface area contributed by atoms with E-state index in [1.807, 2.05) is 0 Å². The molecule has 1 fully saturated rings. The molecule has 0 atom stereocenters. The summed E-state index contributed by atoms with van der Waals surface area (Å²) in [6.45, 7) is 4.56. The van der Waals surface area contributed by atoms with Crippen LogP contribution in [0.5, 0.6) is 0 Å². The third kappa shape index (κ3) is 3.99. The van der Waals surface area contributed by atoms with E-state index in [1.54, 1.807) is 7.05 Å². The van der Waals surface area contributed by atoms with Crippen LogP contribution in [-0.2, 0) is 7.05 Å². The molecule has 0 spiro atoms. The minimum absolute atomic E-state index is 1.14. The van der Waals surface area contributed by atoms with Crippen LogP contribution in [0.2, 0.25) is 0 Å². The maximum absolute atomic E-state index is 3.47. The van der Waals surface area contributed by atoms with Crippen LogP contribution < -0.4 is 10.6 Å². The van der Waals surface area contributed by atoms with Crippen molar-refractivity contribution in [3.05, 3.63) is 6.33 Å². The molecule has 1 aromatic heterocycles. The van der Waals surface area contributed by atoms with E-state index in [4.69, 9.17) is 0 Å². The molecule has 68 valence electrons. The monoisotopic (exact) mass is 170 g/mol. The van der Waals surface area contributed by atoms with Crippen molar-refractivity contribution >= 4 is 0 Å². The standard InChI is InChI=1S/C4H10N2.C2H4N4/c1-2-6-4-3-5-1;1-6-2-3-4-5-6/h5-6H,1-4H2;2H,1H3. The molecule has 6 heteroatoms. The summed E-state index contributed by atoms with van der Waals surface area (Å²) in [7, 11) is 1.76. The van der Waals surface area contributed by atoms with E-state index in [0.29, 0.717) is 0 Å². The predicted octanol–water partition coefficient (Wildman–Crippen LogP) is -1.61. The number of aryl methyl sites for hydroxylation is 1. The first-order valence-electron chi connectivity index (χ1n) is 3.98. The molecule has 2 heterocycles. The van der Waals surface area contributed by atoms with Gasteiger partial charge in [0.05, 0.1) is 0 Å². The summed E-state index contributed by atoms with van der Waals surface area (Å²) in [5.41, 5.74) is 0. The van der Waals surface area contributed by atoms with Gasteiger partial charge >= 0.3 is 0 Å². The highest BCUT2D eigenvalue weighted by atomic mass is 15.5. The van der Waals surface area contributed by atoms with Crippen LogP contribution in [-0.4, -0.2) is 46.4 Å². The van der Waals surface area contributed by atoms with Crippen molar-refractivity contribution in [2.45, 2.75) is 0 Å². The third-order valence-electron chi connectivity index (χ3n) is 1.41. The fraction of sp³-hybridized carbons (Fsp3) is 0.833. The smallest absolute Gasteiger partial charge is 0.137 e. The van der Waals surface area contributed by atoms with Crippen molar-refractivity contribution in [1.29, 1.82) is 0 Å². The number of piperazine rings is 1. The molecule has 1 aliphatic rings. The minimum Gasteiger partial charge on any atom is -0.314 e. The van der Waals surface area contributed by atoms with Crippen LogP contribution in [0, 0.1) is 0 Å². The molecule has 0 saturated carbocycles. The van der Waals surface area contributed by atoms with Gasteiger partial charge in [-0.1, -0.05) is 0 Å². The molecule has 2 N–H and O–H groups in total. The number of rotatable bonds is 0. The summed E-state index contributed by atoms with van der Waals surface area (Å²) in [4.78, 5) is 0. The van der Waals surface area contributed by atoms with Gasteiger partial charge in [-0.15, -0.1) is 5.10 Å². The number of hydrogen-bond acceptors (Lipinski definition) is 5. The highest BCUT2D eigenvalue weighted by Crippen LogP contribution is 1.65. The Morgan fingerprint density at radius 2 is 1.75 bits per heavy atom.